The number of H-pyrrole nitrogens is 1. The van der Waals surface area contributed by atoms with Gasteiger partial charge in [-0.25, -0.2) is 0 Å². The predicted molar refractivity (Wildman–Crippen MR) is 121 cm³/mol. The zero-order chi connectivity index (χ0) is 20.4. The Kier molecular flexibility index (Phi) is 6.07. The van der Waals surface area contributed by atoms with Crippen molar-refractivity contribution in [3.05, 3.63) is 58.4 Å². The number of likely N-dealkylation sites (tertiary alicyclic amines) is 1. The molecule has 0 spiro atoms. The number of benzene rings is 1. The molecule has 1 aliphatic heterocycles. The molecule has 4 atom stereocenters. The first kappa shape index (κ1) is 20.2. The molecule has 0 unspecified atom stereocenters. The minimum absolute atomic E-state index is 0.180. The highest BCUT2D eigenvalue weighted by atomic mass is 32.1. The molecule has 5 heteroatoms. The van der Waals surface area contributed by atoms with E-state index >= 15 is 0 Å². The molecule has 1 fully saturated rings. The molecule has 4 nitrogen and oxygen atoms in total. The molecule has 0 aliphatic carbocycles. The third-order valence-corrected chi connectivity index (χ3v) is 7.05. The van der Waals surface area contributed by atoms with Gasteiger partial charge in [-0.2, -0.15) is 0 Å². The topological polar surface area (TPSA) is 48.1 Å². The molecule has 154 valence electrons. The average Bonchev–Trinajstić information content (AvgIpc) is 3.37. The van der Waals surface area contributed by atoms with Crippen molar-refractivity contribution in [2.45, 2.75) is 39.2 Å². The minimum atomic E-state index is -0.180. The number of para-hydroxylation sites is 1. The summed E-state index contributed by atoms with van der Waals surface area (Å²) in [7, 11) is 0. The molecular weight excluding hydrogens is 378 g/mol. The molecule has 4 rings (SSSR count). The molecule has 1 aromatic carbocycles. The highest BCUT2D eigenvalue weighted by Crippen LogP contribution is 2.33. The summed E-state index contributed by atoms with van der Waals surface area (Å²) in [6.45, 7) is 9.01. The van der Waals surface area contributed by atoms with Crippen LogP contribution in [0.4, 0.5) is 0 Å². The number of nitrogens with one attached hydrogen (secondary N) is 2. The van der Waals surface area contributed by atoms with Crippen molar-refractivity contribution in [2.75, 3.05) is 19.6 Å². The summed E-state index contributed by atoms with van der Waals surface area (Å²) in [4.78, 5) is 19.8. The predicted octanol–water partition coefficient (Wildman–Crippen LogP) is 4.84. The van der Waals surface area contributed by atoms with Gasteiger partial charge in [-0.05, 0) is 48.3 Å². The van der Waals surface area contributed by atoms with Crippen LogP contribution in [0.2, 0.25) is 0 Å². The van der Waals surface area contributed by atoms with Gasteiger partial charge in [-0.15, -0.1) is 11.3 Å². The van der Waals surface area contributed by atoms with E-state index in [-0.39, 0.29) is 17.9 Å². The van der Waals surface area contributed by atoms with Gasteiger partial charge in [0.2, 0.25) is 5.91 Å². The van der Waals surface area contributed by atoms with Crippen molar-refractivity contribution in [3.8, 4) is 0 Å². The number of amides is 1. The van der Waals surface area contributed by atoms with Crippen LogP contribution in [0, 0.1) is 11.8 Å². The average molecular weight is 410 g/mol. The fourth-order valence-corrected chi connectivity index (χ4v) is 5.58. The lowest BCUT2D eigenvalue weighted by Gasteiger charge is -2.36. The van der Waals surface area contributed by atoms with Gasteiger partial charge in [-0.1, -0.05) is 38.1 Å². The van der Waals surface area contributed by atoms with Gasteiger partial charge >= 0.3 is 0 Å². The van der Waals surface area contributed by atoms with Crippen LogP contribution >= 0.6 is 11.3 Å². The van der Waals surface area contributed by atoms with Gasteiger partial charge in [0.25, 0.3) is 0 Å². The summed E-state index contributed by atoms with van der Waals surface area (Å²) >= 11 is 1.78. The quantitative estimate of drug-likeness (QED) is 0.612. The summed E-state index contributed by atoms with van der Waals surface area (Å²) in [5, 5.41) is 6.93. The molecule has 0 radical (unpaired) electrons. The fraction of sp³-hybridized carbons (Fsp3) is 0.458. The van der Waals surface area contributed by atoms with Crippen molar-refractivity contribution in [1.29, 1.82) is 0 Å². The van der Waals surface area contributed by atoms with Gasteiger partial charge in [0.1, 0.15) is 0 Å². The summed E-state index contributed by atoms with van der Waals surface area (Å²) in [5.41, 5.74) is 2.44. The largest absolute Gasteiger partial charge is 0.361 e. The van der Waals surface area contributed by atoms with Crippen LogP contribution in [0.5, 0.6) is 0 Å². The third-order valence-electron chi connectivity index (χ3n) is 6.06. The summed E-state index contributed by atoms with van der Waals surface area (Å²) in [6, 6.07) is 12.5. The number of hydrogen-bond acceptors (Lipinski definition) is 3. The number of carbonyl (C=O) groups excluding carboxylic acids is 1. The first-order chi connectivity index (χ1) is 14.0. The Bertz CT molecular complexity index is 938. The molecule has 0 bridgehead atoms. The van der Waals surface area contributed by atoms with E-state index in [1.165, 1.54) is 22.2 Å². The molecule has 0 saturated carbocycles. The number of aromatic nitrogens is 1. The van der Waals surface area contributed by atoms with Crippen LogP contribution in [0.3, 0.4) is 0 Å². The smallest absolute Gasteiger partial charge is 0.239 e. The Hall–Kier alpha value is -2.11. The monoisotopic (exact) mass is 409 g/mol. The molecule has 3 aromatic rings. The Morgan fingerprint density at radius 3 is 2.69 bits per heavy atom. The third kappa shape index (κ3) is 4.41. The van der Waals surface area contributed by atoms with Crippen molar-refractivity contribution in [3.63, 3.8) is 0 Å². The molecule has 1 saturated heterocycles. The van der Waals surface area contributed by atoms with Crippen LogP contribution < -0.4 is 5.32 Å². The van der Waals surface area contributed by atoms with Gasteiger partial charge in [0.15, 0.2) is 0 Å². The number of piperidine rings is 1. The molecule has 29 heavy (non-hydrogen) atoms. The van der Waals surface area contributed by atoms with E-state index in [0.717, 1.165) is 25.2 Å². The maximum absolute atomic E-state index is 13.0. The van der Waals surface area contributed by atoms with Crippen LogP contribution in [-0.4, -0.2) is 41.5 Å². The van der Waals surface area contributed by atoms with E-state index < -0.39 is 0 Å². The van der Waals surface area contributed by atoms with E-state index in [0.29, 0.717) is 11.8 Å². The number of thiophene rings is 1. The van der Waals surface area contributed by atoms with E-state index in [1.54, 1.807) is 11.3 Å². The normalized spacial score (nSPS) is 22.0. The van der Waals surface area contributed by atoms with Crippen LogP contribution in [0.1, 0.15) is 43.6 Å². The zero-order valence-corrected chi connectivity index (χ0v) is 18.3. The SMILES string of the molecule is C[C@@H]1C[C@H](C)CN(C(=O)[C@H](C)NC[C@@H](c2cccs2)c2c[nH]c3ccccc23)C1. The van der Waals surface area contributed by atoms with E-state index in [9.17, 15) is 4.79 Å². The van der Waals surface area contributed by atoms with Crippen molar-refractivity contribution in [2.24, 2.45) is 11.8 Å². The second-order valence-corrected chi connectivity index (χ2v) is 9.66. The van der Waals surface area contributed by atoms with Crippen molar-refractivity contribution >= 4 is 28.1 Å². The number of fused-ring (bicyclic) bond motifs is 1. The first-order valence-corrected chi connectivity index (χ1v) is 11.5. The van der Waals surface area contributed by atoms with E-state index in [1.807, 2.05) is 6.92 Å². The van der Waals surface area contributed by atoms with Gasteiger partial charge in [-0.3, -0.25) is 4.79 Å². The lowest BCUT2D eigenvalue weighted by Crippen LogP contribution is -2.50. The molecule has 1 aliphatic rings. The van der Waals surface area contributed by atoms with Crippen LogP contribution in [-0.2, 0) is 4.79 Å². The highest BCUT2D eigenvalue weighted by molar-refractivity contribution is 7.10. The fourth-order valence-electron chi connectivity index (χ4n) is 4.73. The first-order valence-electron chi connectivity index (χ1n) is 10.6. The maximum Gasteiger partial charge on any atom is 0.239 e. The number of rotatable bonds is 6. The molecule has 3 heterocycles. The Morgan fingerprint density at radius 2 is 1.97 bits per heavy atom. The zero-order valence-electron chi connectivity index (χ0n) is 17.5. The van der Waals surface area contributed by atoms with Crippen LogP contribution in [0.15, 0.2) is 48.0 Å². The second-order valence-electron chi connectivity index (χ2n) is 8.68. The number of hydrogen-bond donors (Lipinski definition) is 2. The molecule has 2 aromatic heterocycles. The second kappa shape index (κ2) is 8.72. The maximum atomic E-state index is 13.0. The van der Waals surface area contributed by atoms with Gasteiger partial charge in [0.05, 0.1) is 6.04 Å². The van der Waals surface area contributed by atoms with Crippen LogP contribution in [0.25, 0.3) is 10.9 Å². The Balaban J connectivity index is 1.49. The van der Waals surface area contributed by atoms with E-state index in [4.69, 9.17) is 0 Å². The number of aromatic amines is 1. The number of nitrogens with zero attached hydrogens (tertiary/aromatic N) is 1. The molecular formula is C24H31N3OS. The van der Waals surface area contributed by atoms with E-state index in [2.05, 4.69) is 77.0 Å². The summed E-state index contributed by atoms with van der Waals surface area (Å²) < 4.78 is 0. The van der Waals surface area contributed by atoms with Gasteiger partial charge in [0, 0.05) is 47.5 Å². The van der Waals surface area contributed by atoms with Crippen molar-refractivity contribution in [1.82, 2.24) is 15.2 Å². The van der Waals surface area contributed by atoms with Gasteiger partial charge < -0.3 is 15.2 Å². The Morgan fingerprint density at radius 1 is 1.21 bits per heavy atom. The molecule has 1 amide bonds. The lowest BCUT2D eigenvalue weighted by molar-refractivity contribution is -0.135. The van der Waals surface area contributed by atoms with Crippen molar-refractivity contribution < 1.29 is 4.79 Å². The summed E-state index contributed by atoms with van der Waals surface area (Å²) in [6.07, 6.45) is 3.34. The molecule has 2 N–H and O–H groups in total. The number of carbonyl (C=O) groups is 1. The summed E-state index contributed by atoms with van der Waals surface area (Å²) in [5.74, 6) is 1.62. The Labute approximate surface area is 177 Å². The standard InChI is InChI=1S/C24H31N3OS/c1-16-11-17(2)15-27(14-16)24(28)18(3)25-13-21(23-9-6-10-29-23)20-12-26-22-8-5-4-7-19(20)22/h4-10,12,16-18,21,25-26H,11,13-15H2,1-3H3/t16-,17+,18-,21+/m0/s1. The lowest BCUT2D eigenvalue weighted by atomic mass is 9.91. The highest BCUT2D eigenvalue weighted by Gasteiger charge is 2.29. The minimum Gasteiger partial charge on any atom is -0.361 e.